The van der Waals surface area contributed by atoms with Gasteiger partial charge in [-0.1, -0.05) is 6.08 Å². The highest BCUT2D eigenvalue weighted by Crippen LogP contribution is 2.20. The Balaban J connectivity index is 2.88. The summed E-state index contributed by atoms with van der Waals surface area (Å²) in [6.07, 6.45) is -0.733. The molecule has 12 heteroatoms. The minimum atomic E-state index is -3.36. The number of nitrogens with one attached hydrogen (secondary N) is 3. The Kier molecular flexibility index (Phi) is 8.34. The third-order valence-corrected chi connectivity index (χ3v) is 4.93. The van der Waals surface area contributed by atoms with E-state index < -0.39 is 51.9 Å². The molecule has 154 valence electrons. The molecular formula is C15H26N4O7S. The predicted molar refractivity (Wildman–Crippen MR) is 96.0 cm³/mol. The van der Waals surface area contributed by atoms with E-state index in [0.717, 1.165) is 6.26 Å². The van der Waals surface area contributed by atoms with Crippen LogP contribution in [0.4, 0.5) is 0 Å². The topological polar surface area (TPSA) is 188 Å². The Morgan fingerprint density at radius 2 is 1.96 bits per heavy atom. The molecular weight excluding hydrogens is 380 g/mol. The van der Waals surface area contributed by atoms with Gasteiger partial charge in [0.2, 0.25) is 17.7 Å². The number of rotatable bonds is 9. The Bertz CT molecular complexity index is 707. The van der Waals surface area contributed by atoms with Crippen LogP contribution in [0.25, 0.3) is 0 Å². The third-order valence-electron chi connectivity index (χ3n) is 3.95. The number of primary amides is 1. The molecule has 0 saturated carbocycles. The van der Waals surface area contributed by atoms with Crippen molar-refractivity contribution in [1.82, 2.24) is 16.0 Å². The lowest BCUT2D eigenvalue weighted by molar-refractivity contribution is -0.126. The van der Waals surface area contributed by atoms with Crippen molar-refractivity contribution < 1.29 is 33.0 Å². The molecule has 0 aromatic carbocycles. The van der Waals surface area contributed by atoms with Crippen molar-refractivity contribution in [2.24, 2.45) is 5.73 Å². The van der Waals surface area contributed by atoms with E-state index in [1.165, 1.54) is 6.08 Å². The van der Waals surface area contributed by atoms with Gasteiger partial charge in [0.25, 0.3) is 0 Å². The summed E-state index contributed by atoms with van der Waals surface area (Å²) in [7, 11) is -1.80. The molecule has 3 amide bonds. The summed E-state index contributed by atoms with van der Waals surface area (Å²) in [6.45, 7) is -0.0239. The number of hydrogen-bond acceptors (Lipinski definition) is 8. The van der Waals surface area contributed by atoms with Crippen molar-refractivity contribution in [3.8, 4) is 0 Å². The molecule has 1 aliphatic carbocycles. The summed E-state index contributed by atoms with van der Waals surface area (Å²) < 4.78 is 22.5. The van der Waals surface area contributed by atoms with Crippen LogP contribution in [0.5, 0.6) is 0 Å². The fourth-order valence-corrected chi connectivity index (χ4v) is 3.19. The lowest BCUT2D eigenvalue weighted by Crippen LogP contribution is -2.53. The van der Waals surface area contributed by atoms with Gasteiger partial charge < -0.3 is 31.9 Å². The normalized spacial score (nSPS) is 23.9. The first-order chi connectivity index (χ1) is 12.4. The second-order valence-corrected chi connectivity index (χ2v) is 8.68. The standard InChI is InChI=1S/C15H26N4O7S/c1-17-7-12(21)18-10-5-8(6-11(20)13(10)22)15(24)19-9(14(16)23)3-4-27(2,25)26/h5,9-11,13,17,20,22H,3-4,6-7H2,1-2H3,(H2,16,23)(H,18,21)(H,19,24)/t9-,10+,11+,13+/m0/s1. The minimum absolute atomic E-state index is 0.0239. The van der Waals surface area contributed by atoms with E-state index in [4.69, 9.17) is 5.73 Å². The summed E-state index contributed by atoms with van der Waals surface area (Å²) in [6, 6.07) is -2.21. The quantitative estimate of drug-likeness (QED) is 0.224. The molecule has 0 radical (unpaired) electrons. The molecule has 1 rings (SSSR count). The molecule has 0 fully saturated rings. The molecule has 0 unspecified atom stereocenters. The highest BCUT2D eigenvalue weighted by Gasteiger charge is 2.34. The van der Waals surface area contributed by atoms with Crippen molar-refractivity contribution >= 4 is 27.6 Å². The van der Waals surface area contributed by atoms with Gasteiger partial charge in [-0.15, -0.1) is 0 Å². The summed E-state index contributed by atoms with van der Waals surface area (Å²) in [5, 5.41) is 27.4. The molecule has 4 atom stereocenters. The van der Waals surface area contributed by atoms with Crippen LogP contribution in [0.1, 0.15) is 12.8 Å². The lowest BCUT2D eigenvalue weighted by Gasteiger charge is -2.31. The molecule has 0 bridgehead atoms. The number of nitrogens with two attached hydrogens (primary N) is 1. The van der Waals surface area contributed by atoms with Gasteiger partial charge in [0, 0.05) is 18.2 Å². The zero-order valence-electron chi connectivity index (χ0n) is 15.1. The van der Waals surface area contributed by atoms with Gasteiger partial charge in [0.1, 0.15) is 22.0 Å². The molecule has 7 N–H and O–H groups in total. The number of aliphatic hydroxyl groups is 2. The Hall–Kier alpha value is -2.02. The first kappa shape index (κ1) is 23.0. The first-order valence-corrected chi connectivity index (χ1v) is 10.3. The van der Waals surface area contributed by atoms with Crippen LogP contribution in [0.2, 0.25) is 0 Å². The average molecular weight is 406 g/mol. The minimum Gasteiger partial charge on any atom is -0.390 e. The number of hydrogen-bond donors (Lipinski definition) is 6. The number of sulfone groups is 1. The highest BCUT2D eigenvalue weighted by molar-refractivity contribution is 7.90. The maximum atomic E-state index is 12.4. The zero-order valence-corrected chi connectivity index (χ0v) is 16.0. The van der Waals surface area contributed by atoms with Crippen LogP contribution in [0.15, 0.2) is 11.6 Å². The van der Waals surface area contributed by atoms with Gasteiger partial charge in [0.05, 0.1) is 24.4 Å². The van der Waals surface area contributed by atoms with Gasteiger partial charge in [-0.05, 0) is 13.5 Å². The summed E-state index contributed by atoms with van der Waals surface area (Å²) >= 11 is 0. The van der Waals surface area contributed by atoms with Gasteiger partial charge in [-0.3, -0.25) is 14.4 Å². The van der Waals surface area contributed by atoms with Crippen LogP contribution in [-0.4, -0.2) is 86.2 Å². The van der Waals surface area contributed by atoms with E-state index in [-0.39, 0.29) is 30.7 Å². The van der Waals surface area contributed by atoms with E-state index in [9.17, 15) is 33.0 Å². The van der Waals surface area contributed by atoms with E-state index >= 15 is 0 Å². The van der Waals surface area contributed by atoms with Crippen LogP contribution in [0.3, 0.4) is 0 Å². The van der Waals surface area contributed by atoms with Crippen LogP contribution in [-0.2, 0) is 24.2 Å². The Morgan fingerprint density at radius 3 is 2.48 bits per heavy atom. The van der Waals surface area contributed by atoms with Gasteiger partial charge in [-0.25, -0.2) is 8.42 Å². The highest BCUT2D eigenvalue weighted by atomic mass is 32.2. The van der Waals surface area contributed by atoms with Gasteiger partial charge in [-0.2, -0.15) is 0 Å². The van der Waals surface area contributed by atoms with Crippen molar-refractivity contribution in [3.63, 3.8) is 0 Å². The second kappa shape index (κ2) is 9.78. The SMILES string of the molecule is CNCC(=O)N[C@@H]1C=C(C(=O)N[C@@H](CCS(C)(=O)=O)C(N)=O)C[C@@H](O)[C@@H]1O. The van der Waals surface area contributed by atoms with E-state index in [1.54, 1.807) is 7.05 Å². The molecule has 0 spiro atoms. The number of likely N-dealkylation sites (N-methyl/N-ethyl adjacent to an activating group) is 1. The van der Waals surface area contributed by atoms with E-state index in [1.807, 2.05) is 0 Å². The lowest BCUT2D eigenvalue weighted by atomic mass is 9.89. The number of carbonyl (C=O) groups is 3. The molecule has 0 aromatic rings. The number of carbonyl (C=O) groups excluding carboxylic acids is 3. The maximum absolute atomic E-state index is 12.4. The van der Waals surface area contributed by atoms with Crippen molar-refractivity contribution in [3.05, 3.63) is 11.6 Å². The molecule has 0 saturated heterocycles. The number of amides is 3. The summed E-state index contributed by atoms with van der Waals surface area (Å²) in [5.74, 6) is -2.44. The smallest absolute Gasteiger partial charge is 0.247 e. The van der Waals surface area contributed by atoms with Gasteiger partial charge >= 0.3 is 0 Å². The zero-order chi connectivity index (χ0) is 20.8. The van der Waals surface area contributed by atoms with Crippen LogP contribution < -0.4 is 21.7 Å². The van der Waals surface area contributed by atoms with E-state index in [0.29, 0.717) is 0 Å². The van der Waals surface area contributed by atoms with Crippen molar-refractivity contribution in [2.75, 3.05) is 25.6 Å². The first-order valence-electron chi connectivity index (χ1n) is 8.23. The maximum Gasteiger partial charge on any atom is 0.247 e. The molecule has 0 aromatic heterocycles. The monoisotopic (exact) mass is 406 g/mol. The fraction of sp³-hybridized carbons (Fsp3) is 0.667. The predicted octanol–water partition coefficient (Wildman–Crippen LogP) is -3.85. The molecule has 1 aliphatic rings. The second-order valence-electron chi connectivity index (χ2n) is 6.42. The molecule has 27 heavy (non-hydrogen) atoms. The average Bonchev–Trinajstić information content (AvgIpc) is 2.54. The fourth-order valence-electron chi connectivity index (χ4n) is 2.53. The van der Waals surface area contributed by atoms with Crippen LogP contribution in [0, 0.1) is 0 Å². The molecule has 0 heterocycles. The van der Waals surface area contributed by atoms with Gasteiger partial charge in [0.15, 0.2) is 0 Å². The summed E-state index contributed by atoms with van der Waals surface area (Å²) in [4.78, 5) is 35.5. The van der Waals surface area contributed by atoms with Crippen molar-refractivity contribution in [1.29, 1.82) is 0 Å². The Labute approximate surface area is 157 Å². The van der Waals surface area contributed by atoms with Crippen molar-refractivity contribution in [2.45, 2.75) is 37.1 Å². The molecule has 11 nitrogen and oxygen atoms in total. The largest absolute Gasteiger partial charge is 0.390 e. The molecule has 0 aliphatic heterocycles. The van der Waals surface area contributed by atoms with Crippen LogP contribution >= 0.6 is 0 Å². The Morgan fingerprint density at radius 1 is 1.33 bits per heavy atom. The summed E-state index contributed by atoms with van der Waals surface area (Å²) in [5.41, 5.74) is 5.23. The van der Waals surface area contributed by atoms with E-state index in [2.05, 4.69) is 16.0 Å². The number of aliphatic hydroxyl groups excluding tert-OH is 2. The third kappa shape index (κ3) is 7.62.